The van der Waals surface area contributed by atoms with Gasteiger partial charge in [0.05, 0.1) is 5.56 Å². The summed E-state index contributed by atoms with van der Waals surface area (Å²) in [5.74, 6) is 1.69. The maximum Gasteiger partial charge on any atom is 0.255 e. The van der Waals surface area contributed by atoms with Crippen LogP contribution < -0.4 is 5.32 Å². The second-order valence-corrected chi connectivity index (χ2v) is 5.58. The van der Waals surface area contributed by atoms with E-state index in [2.05, 4.69) is 15.2 Å². The minimum absolute atomic E-state index is 0.157. The third-order valence-electron chi connectivity index (χ3n) is 4.54. The Morgan fingerprint density at radius 1 is 1.32 bits per heavy atom. The van der Waals surface area contributed by atoms with Crippen LogP contribution in [-0.2, 0) is 0 Å². The van der Waals surface area contributed by atoms with E-state index in [9.17, 15) is 4.79 Å². The second kappa shape index (κ2) is 5.19. The lowest BCUT2D eigenvalue weighted by molar-refractivity contribution is 0.0690. The van der Waals surface area contributed by atoms with E-state index in [4.69, 9.17) is 0 Å². The highest BCUT2D eigenvalue weighted by Gasteiger charge is 2.38. The van der Waals surface area contributed by atoms with Crippen molar-refractivity contribution in [1.82, 2.24) is 9.88 Å². The van der Waals surface area contributed by atoms with Crippen molar-refractivity contribution in [3.05, 3.63) is 23.9 Å². The fourth-order valence-electron chi connectivity index (χ4n) is 3.49. The summed E-state index contributed by atoms with van der Waals surface area (Å²) in [6, 6.07) is 4.21. The first-order valence-corrected chi connectivity index (χ1v) is 7.24. The second-order valence-electron chi connectivity index (χ2n) is 5.58. The maximum atomic E-state index is 12.6. The van der Waals surface area contributed by atoms with Gasteiger partial charge in [0, 0.05) is 25.8 Å². The summed E-state index contributed by atoms with van der Waals surface area (Å²) in [4.78, 5) is 18.9. The minimum Gasteiger partial charge on any atom is -0.373 e. The highest BCUT2D eigenvalue weighted by atomic mass is 16.2. The van der Waals surface area contributed by atoms with Gasteiger partial charge in [0.2, 0.25) is 0 Å². The molecule has 102 valence electrons. The van der Waals surface area contributed by atoms with E-state index < -0.39 is 0 Å². The molecule has 0 aromatic carbocycles. The van der Waals surface area contributed by atoms with Crippen molar-refractivity contribution >= 4 is 11.7 Å². The van der Waals surface area contributed by atoms with Gasteiger partial charge in [-0.05, 0) is 37.3 Å². The Kier molecular flexibility index (Phi) is 3.40. The van der Waals surface area contributed by atoms with Crippen molar-refractivity contribution in [2.45, 2.75) is 38.1 Å². The van der Waals surface area contributed by atoms with Crippen molar-refractivity contribution in [2.24, 2.45) is 5.92 Å². The monoisotopic (exact) mass is 259 g/mol. The Morgan fingerprint density at radius 3 is 2.89 bits per heavy atom. The number of hydrogen-bond acceptors (Lipinski definition) is 3. The number of anilines is 1. The first-order chi connectivity index (χ1) is 9.29. The summed E-state index contributed by atoms with van der Waals surface area (Å²) in [5, 5.41) is 2.97. The first-order valence-electron chi connectivity index (χ1n) is 7.24. The van der Waals surface area contributed by atoms with Gasteiger partial charge in [-0.3, -0.25) is 4.79 Å². The zero-order chi connectivity index (χ0) is 13.2. The number of fused-ring (bicyclic) bond motifs is 1. The lowest BCUT2D eigenvalue weighted by Crippen LogP contribution is -2.39. The molecule has 19 heavy (non-hydrogen) atoms. The lowest BCUT2D eigenvalue weighted by atomic mass is 9.85. The van der Waals surface area contributed by atoms with Crippen molar-refractivity contribution in [3.8, 4) is 0 Å². The Balaban J connectivity index is 1.75. The lowest BCUT2D eigenvalue weighted by Gasteiger charge is -2.31. The molecule has 1 aromatic heterocycles. The number of nitrogens with one attached hydrogen (secondary N) is 1. The molecule has 1 saturated heterocycles. The fourth-order valence-corrected chi connectivity index (χ4v) is 3.49. The number of amides is 1. The van der Waals surface area contributed by atoms with Gasteiger partial charge >= 0.3 is 0 Å². The largest absolute Gasteiger partial charge is 0.373 e. The summed E-state index contributed by atoms with van der Waals surface area (Å²) < 4.78 is 0. The fraction of sp³-hybridized carbons (Fsp3) is 0.600. The van der Waals surface area contributed by atoms with Crippen molar-refractivity contribution < 1.29 is 4.79 Å². The van der Waals surface area contributed by atoms with E-state index in [1.807, 2.05) is 19.2 Å². The van der Waals surface area contributed by atoms with Crippen LogP contribution in [-0.4, -0.2) is 35.4 Å². The molecule has 1 N–H and O–H groups in total. The van der Waals surface area contributed by atoms with Crippen molar-refractivity contribution in [1.29, 1.82) is 0 Å². The van der Waals surface area contributed by atoms with E-state index in [0.29, 0.717) is 11.6 Å². The molecule has 1 aromatic rings. The minimum atomic E-state index is 0.157. The Morgan fingerprint density at radius 2 is 2.16 bits per heavy atom. The van der Waals surface area contributed by atoms with Crippen molar-refractivity contribution in [3.63, 3.8) is 0 Å². The summed E-state index contributed by atoms with van der Waals surface area (Å²) in [6.07, 6.45) is 7.94. The van der Waals surface area contributed by atoms with Crippen LogP contribution in [0.1, 0.15) is 42.5 Å². The quantitative estimate of drug-likeness (QED) is 0.887. The van der Waals surface area contributed by atoms with Gasteiger partial charge in [0.1, 0.15) is 5.82 Å². The van der Waals surface area contributed by atoms with Gasteiger partial charge in [0.15, 0.2) is 0 Å². The molecule has 0 spiro atoms. The molecule has 4 nitrogen and oxygen atoms in total. The predicted molar refractivity (Wildman–Crippen MR) is 75.2 cm³/mol. The number of carbonyl (C=O) groups excluding carboxylic acids is 1. The molecule has 2 fully saturated rings. The van der Waals surface area contributed by atoms with Crippen LogP contribution in [0, 0.1) is 5.92 Å². The molecular formula is C15H21N3O. The smallest absolute Gasteiger partial charge is 0.255 e. The van der Waals surface area contributed by atoms with Gasteiger partial charge in [0.25, 0.3) is 5.91 Å². The third kappa shape index (κ3) is 2.31. The molecule has 0 bridgehead atoms. The van der Waals surface area contributed by atoms with Crippen LogP contribution in [0.2, 0.25) is 0 Å². The van der Waals surface area contributed by atoms with Gasteiger partial charge in [-0.1, -0.05) is 12.8 Å². The maximum absolute atomic E-state index is 12.6. The third-order valence-corrected chi connectivity index (χ3v) is 4.54. The normalized spacial score (nSPS) is 26.1. The highest BCUT2D eigenvalue weighted by Crippen LogP contribution is 2.36. The molecular weight excluding hydrogens is 238 g/mol. The highest BCUT2D eigenvalue weighted by molar-refractivity contribution is 5.94. The van der Waals surface area contributed by atoms with Crippen LogP contribution in [0.5, 0.6) is 0 Å². The average Bonchev–Trinajstić information content (AvgIpc) is 2.90. The molecule has 2 heterocycles. The molecule has 2 atom stereocenters. The van der Waals surface area contributed by atoms with Crippen LogP contribution in [0.25, 0.3) is 0 Å². The molecule has 1 aliphatic heterocycles. The van der Waals surface area contributed by atoms with E-state index >= 15 is 0 Å². The van der Waals surface area contributed by atoms with Crippen LogP contribution in [0.15, 0.2) is 18.3 Å². The van der Waals surface area contributed by atoms with Crippen LogP contribution >= 0.6 is 0 Å². The Bertz CT molecular complexity index is 457. The number of nitrogens with zero attached hydrogens (tertiary/aromatic N) is 2. The number of carbonyl (C=O) groups is 1. The first kappa shape index (κ1) is 12.5. The summed E-state index contributed by atoms with van der Waals surface area (Å²) in [6.45, 7) is 0.919. The number of rotatable bonds is 2. The van der Waals surface area contributed by atoms with Gasteiger partial charge in [-0.2, -0.15) is 0 Å². The molecule has 3 rings (SSSR count). The van der Waals surface area contributed by atoms with Gasteiger partial charge in [-0.15, -0.1) is 0 Å². The van der Waals surface area contributed by atoms with Crippen LogP contribution in [0.3, 0.4) is 0 Å². The molecule has 1 amide bonds. The van der Waals surface area contributed by atoms with Crippen LogP contribution in [0.4, 0.5) is 5.82 Å². The SMILES string of the molecule is CNc1ccc(C(=O)N2CCC3CCCCC32)cn1. The molecule has 2 unspecified atom stereocenters. The van der Waals surface area contributed by atoms with Gasteiger partial charge in [-0.25, -0.2) is 4.98 Å². The zero-order valence-electron chi connectivity index (χ0n) is 11.4. The van der Waals surface area contributed by atoms with E-state index in [0.717, 1.165) is 18.3 Å². The zero-order valence-corrected chi connectivity index (χ0v) is 11.4. The molecule has 1 saturated carbocycles. The standard InChI is InChI=1S/C15H21N3O/c1-16-14-7-6-12(10-17-14)15(19)18-9-8-11-4-2-3-5-13(11)18/h6-7,10-11,13H,2-5,8-9H2,1H3,(H,16,17). The average molecular weight is 259 g/mol. The summed E-state index contributed by atoms with van der Waals surface area (Å²) in [5.41, 5.74) is 0.713. The predicted octanol–water partition coefficient (Wildman–Crippen LogP) is 2.53. The van der Waals surface area contributed by atoms with E-state index in [1.165, 1.54) is 32.1 Å². The Hall–Kier alpha value is -1.58. The molecule has 2 aliphatic rings. The van der Waals surface area contributed by atoms with E-state index in [-0.39, 0.29) is 5.91 Å². The Labute approximate surface area is 114 Å². The topological polar surface area (TPSA) is 45.2 Å². The number of hydrogen-bond donors (Lipinski definition) is 1. The van der Waals surface area contributed by atoms with Crippen molar-refractivity contribution in [2.75, 3.05) is 18.9 Å². The van der Waals surface area contributed by atoms with Gasteiger partial charge < -0.3 is 10.2 Å². The molecule has 1 aliphatic carbocycles. The summed E-state index contributed by atoms with van der Waals surface area (Å²) in [7, 11) is 1.83. The summed E-state index contributed by atoms with van der Waals surface area (Å²) >= 11 is 0. The molecule has 0 radical (unpaired) electrons. The number of aromatic nitrogens is 1. The molecule has 4 heteroatoms. The number of likely N-dealkylation sites (tertiary alicyclic amines) is 1. The number of pyridine rings is 1. The van der Waals surface area contributed by atoms with E-state index in [1.54, 1.807) is 6.20 Å².